The number of halogens is 1. The zero-order valence-corrected chi connectivity index (χ0v) is 10.9. The Labute approximate surface area is 94.4 Å². The topological polar surface area (TPSA) is 0 Å². The Bertz CT molecular complexity index is 164. The summed E-state index contributed by atoms with van der Waals surface area (Å²) in [6, 6.07) is 0. The lowest BCUT2D eigenvalue weighted by Crippen LogP contribution is -2.29. The summed E-state index contributed by atoms with van der Waals surface area (Å²) in [5.74, 6) is 1.86. The normalized spacial score (nSPS) is 31.5. The van der Waals surface area contributed by atoms with Crippen LogP contribution in [0.4, 0.5) is 0 Å². The van der Waals surface area contributed by atoms with Gasteiger partial charge in [-0.1, -0.05) is 33.6 Å². The molecule has 0 bridgehead atoms. The lowest BCUT2D eigenvalue weighted by atomic mass is 9.67. The molecule has 1 fully saturated rings. The number of hydrogen-bond acceptors (Lipinski definition) is 0. The van der Waals surface area contributed by atoms with Gasteiger partial charge in [0.05, 0.1) is 0 Å². The zero-order valence-electron chi connectivity index (χ0n) is 10.1. The van der Waals surface area contributed by atoms with Crippen LogP contribution >= 0.6 is 11.6 Å². The van der Waals surface area contributed by atoms with E-state index in [1.807, 2.05) is 0 Å². The summed E-state index contributed by atoms with van der Waals surface area (Å²) in [6.07, 6.45) is 6.83. The van der Waals surface area contributed by atoms with Gasteiger partial charge in [0.25, 0.3) is 0 Å². The lowest BCUT2D eigenvalue weighted by Gasteiger charge is -2.39. The maximum atomic E-state index is 6.11. The summed E-state index contributed by atoms with van der Waals surface area (Å²) in [4.78, 5) is 0. The Morgan fingerprint density at radius 3 is 2.14 bits per heavy atom. The molecule has 0 aromatic carbocycles. The van der Waals surface area contributed by atoms with Gasteiger partial charge in [-0.3, -0.25) is 0 Å². The van der Waals surface area contributed by atoms with Crippen LogP contribution in [-0.4, -0.2) is 5.38 Å². The largest absolute Gasteiger partial charge is 0.123 e. The predicted molar refractivity (Wildman–Crippen MR) is 64.8 cm³/mol. The van der Waals surface area contributed by atoms with Crippen molar-refractivity contribution in [3.05, 3.63) is 0 Å². The highest BCUT2D eigenvalue weighted by Gasteiger charge is 2.32. The summed E-state index contributed by atoms with van der Waals surface area (Å²) >= 11 is 6.11. The second-order valence-electron chi connectivity index (χ2n) is 5.93. The van der Waals surface area contributed by atoms with Crippen molar-refractivity contribution in [2.24, 2.45) is 17.3 Å². The molecule has 1 aliphatic carbocycles. The summed E-state index contributed by atoms with van der Waals surface area (Å²) in [5, 5.41) is 0.323. The van der Waals surface area contributed by atoms with Crippen LogP contribution < -0.4 is 0 Å². The van der Waals surface area contributed by atoms with Crippen LogP contribution in [-0.2, 0) is 0 Å². The van der Waals surface area contributed by atoms with Crippen molar-refractivity contribution in [2.45, 2.75) is 65.2 Å². The molecular formula is C13H25Cl. The minimum Gasteiger partial charge on any atom is -0.123 e. The first-order valence-electron chi connectivity index (χ1n) is 6.06. The van der Waals surface area contributed by atoms with Crippen LogP contribution in [0.1, 0.15) is 59.8 Å². The highest BCUT2D eigenvalue weighted by Crippen LogP contribution is 2.43. The van der Waals surface area contributed by atoms with E-state index in [2.05, 4.69) is 27.7 Å². The zero-order chi connectivity index (χ0) is 10.8. The minimum absolute atomic E-state index is 0.323. The quantitative estimate of drug-likeness (QED) is 0.592. The molecule has 1 unspecified atom stereocenters. The maximum Gasteiger partial charge on any atom is 0.0313 e. The molecule has 0 spiro atoms. The molecule has 0 aliphatic heterocycles. The monoisotopic (exact) mass is 216 g/mol. The molecule has 0 amide bonds. The van der Waals surface area contributed by atoms with Crippen LogP contribution in [0.25, 0.3) is 0 Å². The molecule has 1 saturated carbocycles. The number of rotatable bonds is 3. The molecule has 0 heterocycles. The highest BCUT2D eigenvalue weighted by atomic mass is 35.5. The van der Waals surface area contributed by atoms with E-state index in [-0.39, 0.29) is 0 Å². The average molecular weight is 217 g/mol. The maximum absolute atomic E-state index is 6.11. The van der Waals surface area contributed by atoms with Crippen molar-refractivity contribution in [1.82, 2.24) is 0 Å². The molecule has 0 aromatic heterocycles. The van der Waals surface area contributed by atoms with Crippen LogP contribution in [0.3, 0.4) is 0 Å². The van der Waals surface area contributed by atoms with Gasteiger partial charge < -0.3 is 0 Å². The van der Waals surface area contributed by atoms with Gasteiger partial charge in [-0.05, 0) is 43.4 Å². The Balaban J connectivity index is 2.46. The van der Waals surface area contributed by atoms with Gasteiger partial charge in [-0.15, -0.1) is 11.6 Å². The number of hydrogen-bond donors (Lipinski definition) is 0. The van der Waals surface area contributed by atoms with E-state index < -0.39 is 0 Å². The van der Waals surface area contributed by atoms with Crippen molar-refractivity contribution >= 4 is 11.6 Å². The molecule has 0 nitrogen and oxygen atoms in total. The Kier molecular flexibility index (Phi) is 4.30. The number of alkyl halides is 1. The molecule has 1 aliphatic rings. The first-order valence-corrected chi connectivity index (χ1v) is 6.49. The van der Waals surface area contributed by atoms with E-state index in [9.17, 15) is 0 Å². The summed E-state index contributed by atoms with van der Waals surface area (Å²) in [7, 11) is 0. The van der Waals surface area contributed by atoms with Gasteiger partial charge in [0.1, 0.15) is 0 Å². The van der Waals surface area contributed by atoms with Crippen LogP contribution in [0.15, 0.2) is 0 Å². The van der Waals surface area contributed by atoms with E-state index in [0.717, 1.165) is 18.3 Å². The molecule has 0 aromatic rings. The Hall–Kier alpha value is 0.290. The van der Waals surface area contributed by atoms with Crippen LogP contribution in [0.5, 0.6) is 0 Å². The van der Waals surface area contributed by atoms with Gasteiger partial charge in [-0.2, -0.15) is 0 Å². The second kappa shape index (κ2) is 4.88. The van der Waals surface area contributed by atoms with Crippen molar-refractivity contribution in [3.63, 3.8) is 0 Å². The van der Waals surface area contributed by atoms with Gasteiger partial charge in [-0.25, -0.2) is 0 Å². The van der Waals surface area contributed by atoms with Crippen molar-refractivity contribution in [1.29, 1.82) is 0 Å². The standard InChI is InChI=1S/C13H25Cl/c1-10-5-7-12(8-6-10)13(3,4)9-11(2)14/h10-12H,5-9H2,1-4H3. The average Bonchev–Trinajstić information content (AvgIpc) is 2.02. The van der Waals surface area contributed by atoms with Crippen molar-refractivity contribution < 1.29 is 0 Å². The Morgan fingerprint density at radius 2 is 1.71 bits per heavy atom. The lowest BCUT2D eigenvalue weighted by molar-refractivity contribution is 0.127. The van der Waals surface area contributed by atoms with Crippen molar-refractivity contribution in [2.75, 3.05) is 0 Å². The van der Waals surface area contributed by atoms with E-state index >= 15 is 0 Å². The summed E-state index contributed by atoms with van der Waals surface area (Å²) in [5.41, 5.74) is 0.446. The van der Waals surface area contributed by atoms with E-state index in [0.29, 0.717) is 10.8 Å². The molecule has 0 saturated heterocycles. The van der Waals surface area contributed by atoms with E-state index in [1.54, 1.807) is 0 Å². The SMILES string of the molecule is CC(Cl)CC(C)(C)C1CCC(C)CC1. The fourth-order valence-electron chi connectivity index (χ4n) is 2.93. The van der Waals surface area contributed by atoms with Gasteiger partial charge in [0.2, 0.25) is 0 Å². The summed E-state index contributed by atoms with van der Waals surface area (Å²) in [6.45, 7) is 9.29. The van der Waals surface area contributed by atoms with E-state index in [4.69, 9.17) is 11.6 Å². The van der Waals surface area contributed by atoms with Crippen LogP contribution in [0.2, 0.25) is 0 Å². The molecule has 1 atom stereocenters. The third-order valence-electron chi connectivity index (χ3n) is 3.93. The van der Waals surface area contributed by atoms with Gasteiger partial charge in [0.15, 0.2) is 0 Å². The molecule has 0 N–H and O–H groups in total. The minimum atomic E-state index is 0.323. The summed E-state index contributed by atoms with van der Waals surface area (Å²) < 4.78 is 0. The second-order valence-corrected chi connectivity index (χ2v) is 6.68. The van der Waals surface area contributed by atoms with Crippen LogP contribution in [0, 0.1) is 17.3 Å². The molecule has 14 heavy (non-hydrogen) atoms. The van der Waals surface area contributed by atoms with Gasteiger partial charge >= 0.3 is 0 Å². The smallest absolute Gasteiger partial charge is 0.0313 e. The van der Waals surface area contributed by atoms with E-state index in [1.165, 1.54) is 25.7 Å². The fourth-order valence-corrected chi connectivity index (χ4v) is 3.33. The molecule has 84 valence electrons. The molecule has 1 rings (SSSR count). The highest BCUT2D eigenvalue weighted by molar-refractivity contribution is 6.20. The third kappa shape index (κ3) is 3.46. The third-order valence-corrected chi connectivity index (χ3v) is 4.08. The Morgan fingerprint density at radius 1 is 1.21 bits per heavy atom. The molecule has 1 heteroatoms. The first-order chi connectivity index (χ1) is 6.42. The molecule has 0 radical (unpaired) electrons. The van der Waals surface area contributed by atoms with Crippen molar-refractivity contribution in [3.8, 4) is 0 Å². The van der Waals surface area contributed by atoms with Gasteiger partial charge in [0, 0.05) is 5.38 Å². The molecular weight excluding hydrogens is 192 g/mol. The first kappa shape index (κ1) is 12.4. The predicted octanol–water partition coefficient (Wildman–Crippen LogP) is 4.86. The fraction of sp³-hybridized carbons (Fsp3) is 1.00.